The number of ether oxygens (including phenoxy) is 1. The summed E-state index contributed by atoms with van der Waals surface area (Å²) in [5.74, 6) is 0.843. The Kier molecular flexibility index (Phi) is 5.68. The first-order chi connectivity index (χ1) is 15.7. The highest BCUT2D eigenvalue weighted by Gasteiger charge is 2.52. The maximum Gasteiger partial charge on any atom is 0.268 e. The van der Waals surface area contributed by atoms with Gasteiger partial charge in [-0.1, -0.05) is 54.6 Å². The molecule has 5 rings (SSSR count). The molecule has 32 heavy (non-hydrogen) atoms. The van der Waals surface area contributed by atoms with Crippen molar-refractivity contribution in [1.29, 1.82) is 0 Å². The summed E-state index contributed by atoms with van der Waals surface area (Å²) >= 11 is 0. The van der Waals surface area contributed by atoms with Gasteiger partial charge in [0.15, 0.2) is 0 Å². The Morgan fingerprint density at radius 2 is 1.72 bits per heavy atom. The summed E-state index contributed by atoms with van der Waals surface area (Å²) in [5.41, 5.74) is 4.43. The molecular weight excluding hydrogens is 400 g/mol. The van der Waals surface area contributed by atoms with Crippen molar-refractivity contribution < 1.29 is 14.6 Å². The standard InChI is InChI=1S/C27H28N2O3/c1-32-22-13-11-20(12-14-22)25-24(16-18-30)29(27(31)21-8-3-2-4-9-21)28-17-15-19-7-5-6-10-23(19)26(25)28/h2-14,24-26,30H,15-18H2,1H3/t24-,25?,26+/m0/s1. The van der Waals surface area contributed by atoms with Crippen LogP contribution in [0.4, 0.5) is 0 Å². The summed E-state index contributed by atoms with van der Waals surface area (Å²) in [6.07, 6.45) is 1.41. The summed E-state index contributed by atoms with van der Waals surface area (Å²) in [4.78, 5) is 13.8. The first kappa shape index (κ1) is 20.7. The number of amides is 1. The Morgan fingerprint density at radius 1 is 1.00 bits per heavy atom. The van der Waals surface area contributed by atoms with Crippen LogP contribution in [0.3, 0.4) is 0 Å². The zero-order valence-electron chi connectivity index (χ0n) is 18.2. The van der Waals surface area contributed by atoms with Crippen LogP contribution >= 0.6 is 0 Å². The van der Waals surface area contributed by atoms with E-state index in [1.165, 1.54) is 11.1 Å². The molecule has 1 saturated heterocycles. The predicted octanol–water partition coefficient (Wildman–Crippen LogP) is 4.20. The van der Waals surface area contributed by atoms with Gasteiger partial charge in [0.05, 0.1) is 19.2 Å². The van der Waals surface area contributed by atoms with Gasteiger partial charge in [0.1, 0.15) is 5.75 Å². The zero-order valence-corrected chi connectivity index (χ0v) is 18.2. The minimum absolute atomic E-state index is 0.00978. The van der Waals surface area contributed by atoms with Crippen LogP contribution in [0.5, 0.6) is 5.75 Å². The summed E-state index contributed by atoms with van der Waals surface area (Å²) in [6.45, 7) is 0.799. The molecule has 0 aliphatic carbocycles. The van der Waals surface area contributed by atoms with Gasteiger partial charge < -0.3 is 9.84 Å². The van der Waals surface area contributed by atoms with Crippen LogP contribution in [-0.2, 0) is 6.42 Å². The number of rotatable bonds is 5. The SMILES string of the molecule is COc1ccc(C2[C@H]3c4ccccc4CCN3N(C(=O)c3ccccc3)[C@H]2CCO)cc1. The van der Waals surface area contributed by atoms with Crippen LogP contribution in [0, 0.1) is 0 Å². The largest absolute Gasteiger partial charge is 0.497 e. The molecule has 3 aromatic carbocycles. The molecule has 0 bridgehead atoms. The lowest BCUT2D eigenvalue weighted by atomic mass is 9.79. The van der Waals surface area contributed by atoms with Gasteiger partial charge in [0, 0.05) is 24.6 Å². The Balaban J connectivity index is 1.64. The van der Waals surface area contributed by atoms with E-state index in [1.54, 1.807) is 7.11 Å². The summed E-state index contributed by atoms with van der Waals surface area (Å²) in [6, 6.07) is 26.1. The molecule has 2 heterocycles. The number of aliphatic hydroxyl groups is 1. The van der Waals surface area contributed by atoms with E-state index in [1.807, 2.05) is 47.5 Å². The second-order valence-corrected chi connectivity index (χ2v) is 8.45. The normalized spacial score (nSPS) is 22.3. The van der Waals surface area contributed by atoms with Gasteiger partial charge in [-0.05, 0) is 53.8 Å². The second-order valence-electron chi connectivity index (χ2n) is 8.45. The van der Waals surface area contributed by atoms with Crippen molar-refractivity contribution in [3.05, 3.63) is 101 Å². The minimum atomic E-state index is -0.141. The second kappa shape index (κ2) is 8.77. The number of methoxy groups -OCH3 is 1. The molecule has 1 unspecified atom stereocenters. The molecule has 5 nitrogen and oxygen atoms in total. The molecule has 0 aromatic heterocycles. The highest BCUT2D eigenvalue weighted by molar-refractivity contribution is 5.94. The Hall–Kier alpha value is -3.15. The fourth-order valence-electron chi connectivity index (χ4n) is 5.40. The first-order valence-electron chi connectivity index (χ1n) is 11.2. The molecule has 1 fully saturated rings. The maximum atomic E-state index is 13.8. The van der Waals surface area contributed by atoms with Gasteiger partial charge in [-0.3, -0.25) is 9.80 Å². The molecule has 1 amide bonds. The molecule has 1 N–H and O–H groups in total. The third-order valence-corrected chi connectivity index (χ3v) is 6.81. The van der Waals surface area contributed by atoms with Crippen LogP contribution in [0.25, 0.3) is 0 Å². The van der Waals surface area contributed by atoms with Crippen molar-refractivity contribution in [2.75, 3.05) is 20.3 Å². The van der Waals surface area contributed by atoms with Gasteiger partial charge >= 0.3 is 0 Å². The average molecular weight is 429 g/mol. The summed E-state index contributed by atoms with van der Waals surface area (Å²) < 4.78 is 5.37. The lowest BCUT2D eigenvalue weighted by Crippen LogP contribution is -2.48. The van der Waals surface area contributed by atoms with E-state index in [0.29, 0.717) is 12.0 Å². The number of hydrogen-bond acceptors (Lipinski definition) is 4. The van der Waals surface area contributed by atoms with E-state index in [9.17, 15) is 9.90 Å². The highest BCUT2D eigenvalue weighted by Crippen LogP contribution is 2.51. The molecule has 0 radical (unpaired) electrons. The van der Waals surface area contributed by atoms with E-state index in [2.05, 4.69) is 41.4 Å². The summed E-state index contributed by atoms with van der Waals surface area (Å²) in [5, 5.41) is 14.2. The number of aliphatic hydroxyl groups excluding tert-OH is 1. The Morgan fingerprint density at radius 3 is 2.44 bits per heavy atom. The number of nitrogens with zero attached hydrogens (tertiary/aromatic N) is 2. The van der Waals surface area contributed by atoms with Gasteiger partial charge in [-0.25, -0.2) is 5.01 Å². The third-order valence-electron chi connectivity index (χ3n) is 6.81. The van der Waals surface area contributed by atoms with Gasteiger partial charge in [0.25, 0.3) is 5.91 Å². The number of carbonyl (C=O) groups is 1. The van der Waals surface area contributed by atoms with Crippen molar-refractivity contribution in [3.8, 4) is 5.75 Å². The first-order valence-corrected chi connectivity index (χ1v) is 11.2. The van der Waals surface area contributed by atoms with Crippen LogP contribution in [-0.4, -0.2) is 47.3 Å². The molecule has 2 aliphatic rings. The van der Waals surface area contributed by atoms with E-state index < -0.39 is 0 Å². The third kappa shape index (κ3) is 3.48. The zero-order chi connectivity index (χ0) is 22.1. The van der Waals surface area contributed by atoms with Crippen molar-refractivity contribution in [2.45, 2.75) is 30.8 Å². The van der Waals surface area contributed by atoms with Crippen LogP contribution in [0.15, 0.2) is 78.9 Å². The fourth-order valence-corrected chi connectivity index (χ4v) is 5.40. The number of hydrogen-bond donors (Lipinski definition) is 1. The molecule has 3 aromatic rings. The molecule has 0 spiro atoms. The van der Waals surface area contributed by atoms with Crippen LogP contribution in [0.2, 0.25) is 0 Å². The monoisotopic (exact) mass is 428 g/mol. The van der Waals surface area contributed by atoms with Crippen LogP contribution < -0.4 is 4.74 Å². The maximum absolute atomic E-state index is 13.8. The van der Waals surface area contributed by atoms with Gasteiger partial charge in [-0.2, -0.15) is 0 Å². The molecule has 0 saturated carbocycles. The van der Waals surface area contributed by atoms with Crippen molar-refractivity contribution >= 4 is 5.91 Å². The topological polar surface area (TPSA) is 53.0 Å². The lowest BCUT2D eigenvalue weighted by Gasteiger charge is -2.38. The van der Waals surface area contributed by atoms with Gasteiger partial charge in [0.2, 0.25) is 0 Å². The molecule has 5 heteroatoms. The minimum Gasteiger partial charge on any atom is -0.497 e. The Bertz CT molecular complexity index is 1080. The summed E-state index contributed by atoms with van der Waals surface area (Å²) in [7, 11) is 1.67. The molecular formula is C27H28N2O3. The van der Waals surface area contributed by atoms with E-state index >= 15 is 0 Å². The average Bonchev–Trinajstić information content (AvgIpc) is 3.18. The quantitative estimate of drug-likeness (QED) is 0.662. The number of carbonyl (C=O) groups excluding carboxylic acids is 1. The van der Waals surface area contributed by atoms with Crippen molar-refractivity contribution in [1.82, 2.24) is 10.0 Å². The van der Waals surface area contributed by atoms with E-state index in [-0.39, 0.29) is 30.5 Å². The Labute approximate surface area is 188 Å². The molecule has 2 aliphatic heterocycles. The molecule has 3 atom stereocenters. The van der Waals surface area contributed by atoms with E-state index in [0.717, 1.165) is 24.3 Å². The van der Waals surface area contributed by atoms with Gasteiger partial charge in [-0.15, -0.1) is 0 Å². The predicted molar refractivity (Wildman–Crippen MR) is 123 cm³/mol. The van der Waals surface area contributed by atoms with E-state index in [4.69, 9.17) is 4.74 Å². The highest BCUT2D eigenvalue weighted by atomic mass is 16.5. The lowest BCUT2D eigenvalue weighted by molar-refractivity contribution is -0.0182. The fraction of sp³-hybridized carbons (Fsp3) is 0.296. The number of hydrazine groups is 1. The molecule has 164 valence electrons. The van der Waals surface area contributed by atoms with Crippen molar-refractivity contribution in [3.63, 3.8) is 0 Å². The number of fused-ring (bicyclic) bond motifs is 3. The van der Waals surface area contributed by atoms with Crippen LogP contribution in [0.1, 0.15) is 45.4 Å². The smallest absolute Gasteiger partial charge is 0.268 e. The number of benzene rings is 3. The van der Waals surface area contributed by atoms with Crippen molar-refractivity contribution in [2.24, 2.45) is 0 Å².